The summed E-state index contributed by atoms with van der Waals surface area (Å²) in [6.45, 7) is 2.25. The van der Waals surface area contributed by atoms with Gasteiger partial charge in [0.1, 0.15) is 5.75 Å². The first-order valence-corrected chi connectivity index (χ1v) is 13.5. The third-order valence-corrected chi connectivity index (χ3v) is 6.81. The molecule has 0 fully saturated rings. The highest BCUT2D eigenvalue weighted by atomic mass is 32.2. The molecule has 0 bridgehead atoms. The summed E-state index contributed by atoms with van der Waals surface area (Å²) in [4.78, 5) is 11.7. The molecule has 33 heavy (non-hydrogen) atoms. The lowest BCUT2D eigenvalue weighted by atomic mass is 10.0. The van der Waals surface area contributed by atoms with Crippen LogP contribution in [-0.4, -0.2) is 36.2 Å². The maximum atomic E-state index is 11.4. The fourth-order valence-electron chi connectivity index (χ4n) is 3.76. The number of ether oxygens (including phenoxy) is 2. The lowest BCUT2D eigenvalue weighted by Crippen LogP contribution is -2.03. The van der Waals surface area contributed by atoms with E-state index >= 15 is 0 Å². The van der Waals surface area contributed by atoms with Crippen LogP contribution >= 0.6 is 11.8 Å². The van der Waals surface area contributed by atoms with Crippen LogP contribution in [0.25, 0.3) is 0 Å². The van der Waals surface area contributed by atoms with Crippen molar-refractivity contribution < 1.29 is 24.5 Å². The number of phenolic OH excluding ortho intramolecular Hbond substituents is 2. The molecule has 0 aliphatic rings. The molecular formula is C27H44O5S. The maximum absolute atomic E-state index is 11.4. The molecule has 0 amide bonds. The Hall–Kier alpha value is -1.82. The van der Waals surface area contributed by atoms with Crippen molar-refractivity contribution in [2.24, 2.45) is 0 Å². The van der Waals surface area contributed by atoms with E-state index in [1.54, 1.807) is 6.07 Å². The summed E-state index contributed by atoms with van der Waals surface area (Å²) in [5.41, 5.74) is 0.674. The van der Waals surface area contributed by atoms with E-state index < -0.39 is 5.97 Å². The number of aromatic hydroxyl groups is 2. The van der Waals surface area contributed by atoms with E-state index in [9.17, 15) is 15.0 Å². The van der Waals surface area contributed by atoms with Gasteiger partial charge >= 0.3 is 5.97 Å². The maximum Gasteiger partial charge on any atom is 0.315 e. The van der Waals surface area contributed by atoms with Gasteiger partial charge in [0.2, 0.25) is 0 Å². The second kappa shape index (κ2) is 18.6. The zero-order valence-electron chi connectivity index (χ0n) is 20.9. The molecule has 5 nitrogen and oxygen atoms in total. The van der Waals surface area contributed by atoms with E-state index in [-0.39, 0.29) is 23.0 Å². The van der Waals surface area contributed by atoms with Crippen molar-refractivity contribution >= 4 is 17.7 Å². The molecule has 0 heterocycles. The van der Waals surface area contributed by atoms with Crippen molar-refractivity contribution in [2.75, 3.05) is 20.0 Å². The van der Waals surface area contributed by atoms with Crippen LogP contribution in [0.4, 0.5) is 0 Å². The molecule has 0 atom stereocenters. The van der Waals surface area contributed by atoms with Crippen LogP contribution < -0.4 is 4.74 Å². The van der Waals surface area contributed by atoms with Crippen LogP contribution in [0.15, 0.2) is 23.1 Å². The summed E-state index contributed by atoms with van der Waals surface area (Å²) in [5.74, 6) is -0.0907. The SMILES string of the molecule is CCCCCC/C=C/CCCCCCCCCc1cc(O)c(SCC(=O)OC)c(OC)c1O. The number of allylic oxidation sites excluding steroid dienone is 2. The number of carbonyl (C=O) groups is 1. The summed E-state index contributed by atoms with van der Waals surface area (Å²) < 4.78 is 9.93. The topological polar surface area (TPSA) is 76.0 Å². The number of thioether (sulfide) groups is 1. The van der Waals surface area contributed by atoms with Gasteiger partial charge in [-0.3, -0.25) is 4.79 Å². The Labute approximate surface area is 205 Å². The summed E-state index contributed by atoms with van der Waals surface area (Å²) in [7, 11) is 2.76. The quantitative estimate of drug-likeness (QED) is 0.0699. The van der Waals surface area contributed by atoms with Crippen molar-refractivity contribution in [3.8, 4) is 17.2 Å². The van der Waals surface area contributed by atoms with E-state index in [1.807, 2.05) is 0 Å². The first-order chi connectivity index (χ1) is 16.0. The molecule has 1 aromatic rings. The number of methoxy groups -OCH3 is 2. The molecule has 0 radical (unpaired) electrons. The number of rotatable bonds is 19. The molecule has 0 aliphatic heterocycles. The largest absolute Gasteiger partial charge is 0.507 e. The predicted molar refractivity (Wildman–Crippen MR) is 138 cm³/mol. The number of aryl methyl sites for hydroxylation is 1. The number of hydrogen-bond acceptors (Lipinski definition) is 6. The first-order valence-electron chi connectivity index (χ1n) is 12.5. The molecule has 0 aromatic heterocycles. The van der Waals surface area contributed by atoms with Gasteiger partial charge < -0.3 is 19.7 Å². The molecule has 0 aliphatic carbocycles. The number of phenols is 2. The number of hydrogen-bond donors (Lipinski definition) is 2. The Morgan fingerprint density at radius 1 is 0.909 bits per heavy atom. The predicted octanol–water partition coefficient (Wildman–Crippen LogP) is 7.56. The molecular weight excluding hydrogens is 436 g/mol. The third kappa shape index (κ3) is 12.3. The minimum absolute atomic E-state index is 0.0172. The monoisotopic (exact) mass is 480 g/mol. The molecule has 0 saturated heterocycles. The van der Waals surface area contributed by atoms with Crippen LogP contribution in [0.5, 0.6) is 17.2 Å². The third-order valence-electron chi connectivity index (χ3n) is 5.74. The summed E-state index contributed by atoms with van der Waals surface area (Å²) >= 11 is 1.09. The second-order valence-corrected chi connectivity index (χ2v) is 9.45. The lowest BCUT2D eigenvalue weighted by molar-refractivity contribution is -0.137. The van der Waals surface area contributed by atoms with E-state index in [2.05, 4.69) is 23.8 Å². The number of unbranched alkanes of at least 4 members (excludes halogenated alkanes) is 11. The number of benzene rings is 1. The van der Waals surface area contributed by atoms with E-state index in [4.69, 9.17) is 4.74 Å². The average Bonchev–Trinajstić information content (AvgIpc) is 2.82. The molecule has 6 heteroatoms. The van der Waals surface area contributed by atoms with Gasteiger partial charge in [-0.1, -0.05) is 70.4 Å². The molecule has 188 valence electrons. The minimum Gasteiger partial charge on any atom is -0.507 e. The van der Waals surface area contributed by atoms with Gasteiger partial charge in [-0.25, -0.2) is 0 Å². The van der Waals surface area contributed by atoms with Crippen molar-refractivity contribution in [2.45, 2.75) is 102 Å². The standard InChI is InChI=1S/C27H44O5S/c1-4-5-6-7-8-9-10-11-12-13-14-15-16-17-18-19-22-20-23(28)27(26(32-3)25(22)30)33-21-24(29)31-2/h9-10,20,28,30H,4-8,11-19,21H2,1-3H3/b10-9+. The highest BCUT2D eigenvalue weighted by Crippen LogP contribution is 2.45. The lowest BCUT2D eigenvalue weighted by Gasteiger charge is -2.15. The molecule has 2 N–H and O–H groups in total. The van der Waals surface area contributed by atoms with Crippen molar-refractivity contribution in [1.29, 1.82) is 0 Å². The van der Waals surface area contributed by atoms with Crippen LogP contribution in [-0.2, 0) is 16.0 Å². The minimum atomic E-state index is -0.403. The normalized spacial score (nSPS) is 11.2. The van der Waals surface area contributed by atoms with Crippen LogP contribution in [0, 0.1) is 0 Å². The highest BCUT2D eigenvalue weighted by molar-refractivity contribution is 8.00. The fourth-order valence-corrected chi connectivity index (χ4v) is 4.66. The first kappa shape index (κ1) is 29.2. The van der Waals surface area contributed by atoms with Gasteiger partial charge in [-0.15, -0.1) is 11.8 Å². The zero-order chi connectivity index (χ0) is 24.3. The fraction of sp³-hybridized carbons (Fsp3) is 0.667. The Balaban J connectivity index is 2.23. The Bertz CT molecular complexity index is 702. The van der Waals surface area contributed by atoms with E-state index in [1.165, 1.54) is 84.8 Å². The average molecular weight is 481 g/mol. The highest BCUT2D eigenvalue weighted by Gasteiger charge is 2.19. The summed E-state index contributed by atoms with van der Waals surface area (Å²) in [5, 5.41) is 20.9. The van der Waals surface area contributed by atoms with Crippen molar-refractivity contribution in [3.63, 3.8) is 0 Å². The Morgan fingerprint density at radius 2 is 1.48 bits per heavy atom. The Morgan fingerprint density at radius 3 is 2.06 bits per heavy atom. The van der Waals surface area contributed by atoms with Gasteiger partial charge in [0.25, 0.3) is 0 Å². The van der Waals surface area contributed by atoms with Gasteiger partial charge in [0.15, 0.2) is 11.5 Å². The van der Waals surface area contributed by atoms with Gasteiger partial charge in [0.05, 0.1) is 24.9 Å². The van der Waals surface area contributed by atoms with Gasteiger partial charge in [0, 0.05) is 5.56 Å². The van der Waals surface area contributed by atoms with Crippen molar-refractivity contribution in [3.05, 3.63) is 23.8 Å². The van der Waals surface area contributed by atoms with Crippen LogP contribution in [0.3, 0.4) is 0 Å². The number of esters is 1. The summed E-state index contributed by atoms with van der Waals surface area (Å²) in [6.07, 6.45) is 21.5. The smallest absolute Gasteiger partial charge is 0.315 e. The Kier molecular flexibility index (Phi) is 16.5. The van der Waals surface area contributed by atoms with Crippen LogP contribution in [0.2, 0.25) is 0 Å². The van der Waals surface area contributed by atoms with Gasteiger partial charge in [-0.2, -0.15) is 0 Å². The number of carbonyl (C=O) groups excluding carboxylic acids is 1. The molecule has 1 aromatic carbocycles. The zero-order valence-corrected chi connectivity index (χ0v) is 21.7. The molecule has 0 saturated carbocycles. The van der Waals surface area contributed by atoms with Gasteiger partial charge in [-0.05, 0) is 44.6 Å². The summed E-state index contributed by atoms with van der Waals surface area (Å²) in [6, 6.07) is 1.58. The van der Waals surface area contributed by atoms with Crippen molar-refractivity contribution in [1.82, 2.24) is 0 Å². The molecule has 1 rings (SSSR count). The van der Waals surface area contributed by atoms with E-state index in [0.29, 0.717) is 16.9 Å². The second-order valence-electron chi connectivity index (χ2n) is 8.46. The molecule has 0 unspecified atom stereocenters. The van der Waals surface area contributed by atoms with E-state index in [0.717, 1.165) is 24.6 Å². The molecule has 0 spiro atoms. The van der Waals surface area contributed by atoms with Crippen LogP contribution in [0.1, 0.15) is 96.0 Å².